The highest BCUT2D eigenvalue weighted by molar-refractivity contribution is 7.80. The van der Waals surface area contributed by atoms with Gasteiger partial charge in [-0.05, 0) is 30.7 Å². The summed E-state index contributed by atoms with van der Waals surface area (Å²) in [7, 11) is 3.10. The Balaban J connectivity index is 2.42. The molecule has 0 saturated carbocycles. The SMILES string of the molecule is CCCCNc1cc(C(=O)OCC(=O)N(C)C)cc(NS(=O)[O-])c1Oc1ccccc1. The quantitative estimate of drug-likeness (QED) is 0.308. The highest BCUT2D eigenvalue weighted by Crippen LogP contribution is 2.39. The molecule has 2 aromatic rings. The van der Waals surface area contributed by atoms with Gasteiger partial charge in [0.25, 0.3) is 5.91 Å². The van der Waals surface area contributed by atoms with Crippen molar-refractivity contribution in [2.45, 2.75) is 19.8 Å². The summed E-state index contributed by atoms with van der Waals surface area (Å²) in [4.78, 5) is 25.5. The Morgan fingerprint density at radius 2 is 1.81 bits per heavy atom. The van der Waals surface area contributed by atoms with E-state index in [1.54, 1.807) is 38.4 Å². The molecule has 0 aliphatic carbocycles. The van der Waals surface area contributed by atoms with Crippen LogP contribution >= 0.6 is 0 Å². The van der Waals surface area contributed by atoms with E-state index in [4.69, 9.17) is 9.47 Å². The molecule has 31 heavy (non-hydrogen) atoms. The van der Waals surface area contributed by atoms with Crippen LogP contribution in [0.2, 0.25) is 0 Å². The molecule has 2 N–H and O–H groups in total. The molecule has 0 saturated heterocycles. The van der Waals surface area contributed by atoms with Crippen molar-refractivity contribution in [2.75, 3.05) is 37.3 Å². The lowest BCUT2D eigenvalue weighted by Crippen LogP contribution is -2.27. The minimum Gasteiger partial charge on any atom is -0.755 e. The van der Waals surface area contributed by atoms with Gasteiger partial charge in [-0.25, -0.2) is 4.79 Å². The van der Waals surface area contributed by atoms with Crippen LogP contribution in [0.1, 0.15) is 30.1 Å². The predicted molar refractivity (Wildman–Crippen MR) is 118 cm³/mol. The van der Waals surface area contributed by atoms with Crippen molar-refractivity contribution in [3.8, 4) is 11.5 Å². The lowest BCUT2D eigenvalue weighted by Gasteiger charge is -2.20. The van der Waals surface area contributed by atoms with E-state index in [0.29, 0.717) is 18.0 Å². The van der Waals surface area contributed by atoms with Crippen LogP contribution in [0.25, 0.3) is 0 Å². The van der Waals surface area contributed by atoms with Crippen LogP contribution in [0.5, 0.6) is 11.5 Å². The lowest BCUT2D eigenvalue weighted by atomic mass is 10.1. The molecule has 168 valence electrons. The average molecular weight is 449 g/mol. The van der Waals surface area contributed by atoms with Gasteiger partial charge in [-0.1, -0.05) is 31.5 Å². The highest BCUT2D eigenvalue weighted by atomic mass is 32.2. The van der Waals surface area contributed by atoms with E-state index in [1.165, 1.54) is 17.0 Å². The van der Waals surface area contributed by atoms with Crippen molar-refractivity contribution in [3.05, 3.63) is 48.0 Å². The van der Waals surface area contributed by atoms with Crippen LogP contribution in [0.15, 0.2) is 42.5 Å². The summed E-state index contributed by atoms with van der Waals surface area (Å²) in [6, 6.07) is 11.7. The van der Waals surface area contributed by atoms with Crippen molar-refractivity contribution in [3.63, 3.8) is 0 Å². The normalized spacial score (nSPS) is 11.4. The zero-order chi connectivity index (χ0) is 22.8. The third-order valence-electron chi connectivity index (χ3n) is 4.15. The third-order valence-corrected chi connectivity index (χ3v) is 4.54. The molecule has 1 unspecified atom stereocenters. The molecule has 1 atom stereocenters. The molecule has 0 heterocycles. The number of hydrogen-bond acceptors (Lipinski definition) is 7. The number of rotatable bonds is 11. The number of likely N-dealkylation sites (N-methyl/N-ethyl adjacent to an activating group) is 1. The Bertz CT molecular complexity index is 921. The van der Waals surface area contributed by atoms with E-state index in [2.05, 4.69) is 10.0 Å². The largest absolute Gasteiger partial charge is 0.755 e. The zero-order valence-corrected chi connectivity index (χ0v) is 18.5. The summed E-state index contributed by atoms with van der Waals surface area (Å²) < 4.78 is 36.0. The van der Waals surface area contributed by atoms with Gasteiger partial charge in [0.05, 0.1) is 16.9 Å². The number of ether oxygens (including phenoxy) is 2. The van der Waals surface area contributed by atoms with Crippen molar-refractivity contribution in [1.29, 1.82) is 0 Å². The molecule has 0 aliphatic rings. The molecule has 0 spiro atoms. The summed E-state index contributed by atoms with van der Waals surface area (Å²) in [5.41, 5.74) is 0.544. The topological polar surface area (TPSA) is 120 Å². The van der Waals surface area contributed by atoms with E-state index < -0.39 is 23.8 Å². The minimum atomic E-state index is -2.66. The lowest BCUT2D eigenvalue weighted by molar-refractivity contribution is -0.131. The molecule has 2 rings (SSSR count). The van der Waals surface area contributed by atoms with Crippen LogP contribution in [-0.2, 0) is 20.8 Å². The van der Waals surface area contributed by atoms with Crippen molar-refractivity contribution in [1.82, 2.24) is 4.90 Å². The maximum Gasteiger partial charge on any atom is 0.338 e. The fourth-order valence-corrected chi connectivity index (χ4v) is 2.83. The molecular weight excluding hydrogens is 422 g/mol. The summed E-state index contributed by atoms with van der Waals surface area (Å²) in [6.45, 7) is 2.19. The number of anilines is 2. The average Bonchev–Trinajstić information content (AvgIpc) is 2.74. The molecule has 9 nitrogen and oxygen atoms in total. The number of unbranched alkanes of at least 4 members (excludes halogenated alkanes) is 1. The third kappa shape index (κ3) is 7.58. The van der Waals surface area contributed by atoms with E-state index in [0.717, 1.165) is 12.8 Å². The number of nitrogens with one attached hydrogen (secondary N) is 2. The Labute approximate surface area is 184 Å². The number of esters is 1. The van der Waals surface area contributed by atoms with Gasteiger partial charge >= 0.3 is 5.97 Å². The smallest absolute Gasteiger partial charge is 0.338 e. The van der Waals surface area contributed by atoms with Gasteiger partial charge in [0, 0.05) is 31.9 Å². The maximum atomic E-state index is 12.5. The molecule has 0 radical (unpaired) electrons. The standard InChI is InChI=1S/C21H27N3O6S/c1-4-5-11-22-17-12-15(21(26)29-14-19(25)24(2)3)13-18(23-31(27)28)20(17)30-16-9-7-6-8-10-16/h6-10,12-13,22-23H,4-5,11,14H2,1-3H3,(H,27,28)/p-1. The van der Waals surface area contributed by atoms with E-state index in [-0.39, 0.29) is 22.9 Å². The second-order valence-corrected chi connectivity index (χ2v) is 7.47. The van der Waals surface area contributed by atoms with Gasteiger partial charge in [-0.2, -0.15) is 0 Å². The second kappa shape index (κ2) is 11.9. The van der Waals surface area contributed by atoms with E-state index >= 15 is 0 Å². The molecular formula is C21H26N3O6S-. The zero-order valence-electron chi connectivity index (χ0n) is 17.7. The number of hydrogen-bond donors (Lipinski definition) is 2. The van der Waals surface area contributed by atoms with Crippen LogP contribution in [0.3, 0.4) is 0 Å². The Morgan fingerprint density at radius 3 is 2.42 bits per heavy atom. The molecule has 0 fully saturated rings. The fourth-order valence-electron chi connectivity index (χ4n) is 2.50. The highest BCUT2D eigenvalue weighted by Gasteiger charge is 2.19. The Morgan fingerprint density at radius 1 is 1.13 bits per heavy atom. The summed E-state index contributed by atoms with van der Waals surface area (Å²) in [5.74, 6) is -0.433. The monoisotopic (exact) mass is 448 g/mol. The number of para-hydroxylation sites is 1. The molecule has 1 amide bonds. The summed E-state index contributed by atoms with van der Waals surface area (Å²) >= 11 is -2.66. The Kier molecular flexibility index (Phi) is 9.29. The molecule has 2 aromatic carbocycles. The van der Waals surface area contributed by atoms with E-state index in [9.17, 15) is 18.4 Å². The van der Waals surface area contributed by atoms with Gasteiger partial charge in [-0.3, -0.25) is 9.00 Å². The van der Waals surface area contributed by atoms with Crippen molar-refractivity contribution in [2.24, 2.45) is 0 Å². The molecule has 0 aromatic heterocycles. The number of carbonyl (C=O) groups is 2. The van der Waals surface area contributed by atoms with Crippen molar-refractivity contribution < 1.29 is 27.8 Å². The number of benzene rings is 2. The number of amides is 1. The first kappa shape index (κ1) is 24.2. The predicted octanol–water partition coefficient (Wildman–Crippen LogP) is 3.14. The van der Waals surface area contributed by atoms with Crippen LogP contribution in [0.4, 0.5) is 11.4 Å². The number of carbonyl (C=O) groups excluding carboxylic acids is 2. The first-order chi connectivity index (χ1) is 14.8. The number of nitrogens with zero attached hydrogens (tertiary/aromatic N) is 1. The minimum absolute atomic E-state index is 0.0598. The van der Waals surface area contributed by atoms with E-state index in [1.807, 2.05) is 13.0 Å². The Hall–Kier alpha value is -3.11. The van der Waals surface area contributed by atoms with Gasteiger partial charge in [0.1, 0.15) is 5.75 Å². The molecule has 0 aliphatic heterocycles. The van der Waals surface area contributed by atoms with Gasteiger partial charge < -0.3 is 29.0 Å². The van der Waals surface area contributed by atoms with Crippen LogP contribution in [-0.4, -0.2) is 52.8 Å². The molecule has 0 bridgehead atoms. The second-order valence-electron chi connectivity index (χ2n) is 6.80. The first-order valence-corrected chi connectivity index (χ1v) is 10.8. The first-order valence-electron chi connectivity index (χ1n) is 9.69. The molecule has 10 heteroatoms. The maximum absolute atomic E-state index is 12.5. The summed E-state index contributed by atoms with van der Waals surface area (Å²) in [6.07, 6.45) is 1.79. The van der Waals surface area contributed by atoms with Crippen LogP contribution < -0.4 is 14.8 Å². The summed E-state index contributed by atoms with van der Waals surface area (Å²) in [5, 5.41) is 3.18. The fraction of sp³-hybridized carbons (Fsp3) is 0.333. The van der Waals surface area contributed by atoms with Gasteiger partial charge in [-0.15, -0.1) is 0 Å². The van der Waals surface area contributed by atoms with Crippen LogP contribution in [0, 0.1) is 0 Å². The van der Waals surface area contributed by atoms with Crippen molar-refractivity contribution >= 4 is 34.5 Å². The van der Waals surface area contributed by atoms with Gasteiger partial charge in [0.2, 0.25) is 0 Å². The van der Waals surface area contributed by atoms with Gasteiger partial charge in [0.15, 0.2) is 12.4 Å².